The Morgan fingerprint density at radius 3 is 2.68 bits per heavy atom. The first kappa shape index (κ1) is 19.3. The predicted octanol–water partition coefficient (Wildman–Crippen LogP) is 3.73. The highest BCUT2D eigenvalue weighted by Gasteiger charge is 2.25. The number of imidazole rings is 1. The van der Waals surface area contributed by atoms with E-state index in [9.17, 15) is 4.79 Å². The lowest BCUT2D eigenvalue weighted by molar-refractivity contribution is 0.0701. The molecule has 2 aliphatic rings. The first-order chi connectivity index (χ1) is 13.7. The van der Waals surface area contributed by atoms with Crippen molar-refractivity contribution in [2.24, 2.45) is 0 Å². The first-order valence-electron chi connectivity index (χ1n) is 10.1. The number of ether oxygens (including phenoxy) is 1. The second kappa shape index (κ2) is 8.97. The molecule has 0 unspecified atom stereocenters. The standard InChI is InChI=1S/C21H27ClN4O2/c22-16-4-5-19(21(27)26-8-2-1-3-9-26)20(12-16)28-18-6-10-25(11-7-18)14-17-13-23-15-24-17/h4-5,12-13,15,18H,1-3,6-11,14H2,(H,23,24). The number of carbonyl (C=O) groups excluding carboxylic acids is 1. The van der Waals surface area contributed by atoms with Crippen molar-refractivity contribution < 1.29 is 9.53 Å². The molecule has 2 saturated heterocycles. The van der Waals surface area contributed by atoms with Crippen molar-refractivity contribution in [3.8, 4) is 5.75 Å². The van der Waals surface area contributed by atoms with Crippen LogP contribution >= 0.6 is 11.6 Å². The van der Waals surface area contributed by atoms with Crippen LogP contribution in [0.3, 0.4) is 0 Å². The smallest absolute Gasteiger partial charge is 0.257 e. The number of nitrogens with zero attached hydrogens (tertiary/aromatic N) is 3. The van der Waals surface area contributed by atoms with Gasteiger partial charge in [0.1, 0.15) is 11.9 Å². The monoisotopic (exact) mass is 402 g/mol. The second-order valence-electron chi connectivity index (χ2n) is 7.66. The molecule has 0 saturated carbocycles. The average Bonchev–Trinajstić information content (AvgIpc) is 3.23. The van der Waals surface area contributed by atoms with E-state index in [1.807, 2.05) is 17.2 Å². The van der Waals surface area contributed by atoms with Crippen LogP contribution in [0.1, 0.15) is 48.2 Å². The predicted molar refractivity (Wildman–Crippen MR) is 109 cm³/mol. The molecule has 7 heteroatoms. The number of H-pyrrole nitrogens is 1. The number of piperidine rings is 2. The minimum Gasteiger partial charge on any atom is -0.489 e. The molecule has 0 spiro atoms. The van der Waals surface area contributed by atoms with Crippen molar-refractivity contribution in [2.45, 2.75) is 44.8 Å². The van der Waals surface area contributed by atoms with Gasteiger partial charge in [-0.2, -0.15) is 0 Å². The van der Waals surface area contributed by atoms with E-state index in [1.54, 1.807) is 18.5 Å². The number of carbonyl (C=O) groups is 1. The van der Waals surface area contributed by atoms with Crippen molar-refractivity contribution >= 4 is 17.5 Å². The van der Waals surface area contributed by atoms with Gasteiger partial charge in [0.25, 0.3) is 5.91 Å². The Balaban J connectivity index is 1.39. The maximum Gasteiger partial charge on any atom is 0.257 e. The molecule has 4 rings (SSSR count). The topological polar surface area (TPSA) is 61.5 Å². The fourth-order valence-electron chi connectivity index (χ4n) is 4.01. The number of amides is 1. The van der Waals surface area contributed by atoms with Gasteiger partial charge in [0.2, 0.25) is 0 Å². The number of hydrogen-bond donors (Lipinski definition) is 1. The van der Waals surface area contributed by atoms with Crippen molar-refractivity contribution in [1.82, 2.24) is 19.8 Å². The molecule has 2 aliphatic heterocycles. The SMILES string of the molecule is O=C(c1ccc(Cl)cc1OC1CCN(Cc2cnc[nH]2)CC1)N1CCCCC1. The van der Waals surface area contributed by atoms with E-state index in [1.165, 1.54) is 6.42 Å². The minimum atomic E-state index is 0.0584. The Hall–Kier alpha value is -2.05. The van der Waals surface area contributed by atoms with E-state index in [4.69, 9.17) is 16.3 Å². The molecule has 6 nitrogen and oxygen atoms in total. The zero-order valence-corrected chi connectivity index (χ0v) is 16.8. The summed E-state index contributed by atoms with van der Waals surface area (Å²) >= 11 is 6.21. The molecule has 0 bridgehead atoms. The van der Waals surface area contributed by atoms with Crippen LogP contribution in [0.4, 0.5) is 0 Å². The summed E-state index contributed by atoms with van der Waals surface area (Å²) < 4.78 is 6.28. The lowest BCUT2D eigenvalue weighted by atomic mass is 10.1. The van der Waals surface area contributed by atoms with Crippen molar-refractivity contribution in [3.63, 3.8) is 0 Å². The fraction of sp³-hybridized carbons (Fsp3) is 0.524. The number of aromatic nitrogens is 2. The van der Waals surface area contributed by atoms with Crippen molar-refractivity contribution in [3.05, 3.63) is 47.0 Å². The summed E-state index contributed by atoms with van der Waals surface area (Å²) in [6, 6.07) is 5.37. The number of nitrogens with one attached hydrogen (secondary N) is 1. The lowest BCUT2D eigenvalue weighted by Gasteiger charge is -2.32. The third kappa shape index (κ3) is 4.67. The van der Waals surface area contributed by atoms with Gasteiger partial charge >= 0.3 is 0 Å². The highest BCUT2D eigenvalue weighted by Crippen LogP contribution is 2.29. The van der Waals surface area contributed by atoms with Crippen LogP contribution in [-0.4, -0.2) is 58.0 Å². The minimum absolute atomic E-state index is 0.0584. The van der Waals surface area contributed by atoms with Crippen LogP contribution in [0.2, 0.25) is 5.02 Å². The van der Waals surface area contributed by atoms with Gasteiger partial charge in [0.05, 0.1) is 11.9 Å². The van der Waals surface area contributed by atoms with Crippen LogP contribution in [0.5, 0.6) is 5.75 Å². The Morgan fingerprint density at radius 1 is 1.18 bits per heavy atom. The largest absolute Gasteiger partial charge is 0.489 e. The summed E-state index contributed by atoms with van der Waals surface area (Å²) in [5.41, 5.74) is 1.76. The molecular formula is C21H27ClN4O2. The van der Waals surface area contributed by atoms with E-state index < -0.39 is 0 Å². The van der Waals surface area contributed by atoms with Gasteiger partial charge < -0.3 is 14.6 Å². The highest BCUT2D eigenvalue weighted by molar-refractivity contribution is 6.30. The normalized spacial score (nSPS) is 19.0. The Labute approximate surface area is 170 Å². The number of halogens is 1. The van der Waals surface area contributed by atoms with E-state index >= 15 is 0 Å². The third-order valence-corrected chi connectivity index (χ3v) is 5.83. The average molecular weight is 403 g/mol. The molecule has 28 heavy (non-hydrogen) atoms. The summed E-state index contributed by atoms with van der Waals surface area (Å²) in [4.78, 5) is 24.5. The molecule has 2 fully saturated rings. The molecule has 0 radical (unpaired) electrons. The quantitative estimate of drug-likeness (QED) is 0.827. The van der Waals surface area contributed by atoms with Gasteiger partial charge in [-0.15, -0.1) is 0 Å². The van der Waals surface area contributed by atoms with Crippen LogP contribution in [0.25, 0.3) is 0 Å². The van der Waals surface area contributed by atoms with Gasteiger partial charge in [-0.25, -0.2) is 4.98 Å². The van der Waals surface area contributed by atoms with E-state index in [-0.39, 0.29) is 12.0 Å². The second-order valence-corrected chi connectivity index (χ2v) is 8.10. The van der Waals surface area contributed by atoms with E-state index in [2.05, 4.69) is 14.9 Å². The molecule has 3 heterocycles. The summed E-state index contributed by atoms with van der Waals surface area (Å²) in [5, 5.41) is 0.599. The van der Waals surface area contributed by atoms with Gasteiger partial charge in [-0.1, -0.05) is 11.6 Å². The molecule has 2 aromatic rings. The third-order valence-electron chi connectivity index (χ3n) is 5.59. The van der Waals surface area contributed by atoms with Crippen LogP contribution in [0, 0.1) is 0 Å². The van der Waals surface area contributed by atoms with Crippen LogP contribution < -0.4 is 4.74 Å². The molecule has 0 aliphatic carbocycles. The Morgan fingerprint density at radius 2 is 1.96 bits per heavy atom. The number of likely N-dealkylation sites (tertiary alicyclic amines) is 2. The zero-order chi connectivity index (χ0) is 19.3. The maximum absolute atomic E-state index is 13.0. The van der Waals surface area contributed by atoms with Crippen molar-refractivity contribution in [1.29, 1.82) is 0 Å². The summed E-state index contributed by atoms with van der Waals surface area (Å²) in [6.07, 6.45) is 8.89. The molecule has 1 aromatic heterocycles. The molecule has 1 amide bonds. The molecule has 0 atom stereocenters. The number of rotatable bonds is 5. The summed E-state index contributed by atoms with van der Waals surface area (Å²) in [6.45, 7) is 4.45. The fourth-order valence-corrected chi connectivity index (χ4v) is 4.18. The Kier molecular flexibility index (Phi) is 6.17. The van der Waals surface area contributed by atoms with Gasteiger partial charge in [-0.3, -0.25) is 9.69 Å². The molecule has 150 valence electrons. The molecule has 1 N–H and O–H groups in total. The van der Waals surface area contributed by atoms with Gasteiger partial charge in [0, 0.05) is 49.6 Å². The van der Waals surface area contributed by atoms with E-state index in [0.29, 0.717) is 16.3 Å². The first-order valence-corrected chi connectivity index (χ1v) is 10.5. The number of hydrogen-bond acceptors (Lipinski definition) is 4. The molecule has 1 aromatic carbocycles. The van der Waals surface area contributed by atoms with Crippen LogP contribution in [0.15, 0.2) is 30.7 Å². The van der Waals surface area contributed by atoms with Crippen LogP contribution in [-0.2, 0) is 6.54 Å². The Bertz CT molecular complexity index is 782. The van der Waals surface area contributed by atoms with Crippen molar-refractivity contribution in [2.75, 3.05) is 26.2 Å². The van der Waals surface area contributed by atoms with E-state index in [0.717, 1.165) is 64.1 Å². The lowest BCUT2D eigenvalue weighted by Crippen LogP contribution is -2.38. The zero-order valence-electron chi connectivity index (χ0n) is 16.1. The summed E-state index contributed by atoms with van der Waals surface area (Å²) in [5.74, 6) is 0.679. The highest BCUT2D eigenvalue weighted by atomic mass is 35.5. The molecular weight excluding hydrogens is 376 g/mol. The number of aromatic amines is 1. The summed E-state index contributed by atoms with van der Waals surface area (Å²) in [7, 11) is 0. The number of benzene rings is 1. The van der Waals surface area contributed by atoms with Gasteiger partial charge in [0.15, 0.2) is 0 Å². The maximum atomic E-state index is 13.0. The van der Waals surface area contributed by atoms with Gasteiger partial charge in [-0.05, 0) is 50.3 Å².